The Morgan fingerprint density at radius 1 is 1.00 bits per heavy atom. The van der Waals surface area contributed by atoms with Crippen LogP contribution >= 0.6 is 0 Å². The molecule has 2 aromatic rings. The number of amides is 2. The third kappa shape index (κ3) is 5.84. The summed E-state index contributed by atoms with van der Waals surface area (Å²) in [6.45, 7) is 3.55. The van der Waals surface area contributed by atoms with Gasteiger partial charge in [0.05, 0.1) is 0 Å². The molecule has 0 heterocycles. The van der Waals surface area contributed by atoms with Crippen LogP contribution < -0.4 is 20.3 Å². The normalized spacial score (nSPS) is 11.3. The molecule has 2 aromatic carbocycles. The molecule has 2 rings (SSSR count). The molecule has 25 heavy (non-hydrogen) atoms. The Balaban J connectivity index is 1.79. The number of ether oxygens (including phenoxy) is 2. The van der Waals surface area contributed by atoms with Crippen LogP contribution in [-0.4, -0.2) is 24.5 Å². The summed E-state index contributed by atoms with van der Waals surface area (Å²) in [5.41, 5.74) is 5.63. The summed E-state index contributed by atoms with van der Waals surface area (Å²) in [5, 5.41) is 0. The minimum Gasteiger partial charge on any atom is -0.484 e. The van der Waals surface area contributed by atoms with Crippen molar-refractivity contribution < 1.29 is 19.1 Å². The number of carbonyl (C=O) groups excluding carboxylic acids is 2. The average molecular weight is 342 g/mol. The third-order valence-electron chi connectivity index (χ3n) is 3.46. The summed E-state index contributed by atoms with van der Waals surface area (Å²) in [7, 11) is 0. The smallest absolute Gasteiger partial charge is 0.279 e. The highest BCUT2D eigenvalue weighted by Crippen LogP contribution is 2.18. The van der Waals surface area contributed by atoms with E-state index in [-0.39, 0.29) is 6.61 Å². The first-order chi connectivity index (χ1) is 12.1. The quantitative estimate of drug-likeness (QED) is 0.758. The van der Waals surface area contributed by atoms with Crippen molar-refractivity contribution in [2.24, 2.45) is 0 Å². The van der Waals surface area contributed by atoms with Crippen molar-refractivity contribution in [2.75, 3.05) is 6.61 Å². The SMILES string of the molecule is CCC(Oc1ccccc1C)C(=O)NNC(=O)COc1ccccc1. The number of para-hydroxylation sites is 2. The summed E-state index contributed by atoms with van der Waals surface area (Å²) in [5.74, 6) is 0.350. The van der Waals surface area contributed by atoms with Crippen LogP contribution in [0, 0.1) is 6.92 Å². The van der Waals surface area contributed by atoms with Gasteiger partial charge in [0.25, 0.3) is 11.8 Å². The maximum absolute atomic E-state index is 12.2. The van der Waals surface area contributed by atoms with Gasteiger partial charge in [-0.15, -0.1) is 0 Å². The van der Waals surface area contributed by atoms with Gasteiger partial charge in [-0.2, -0.15) is 0 Å². The second-order valence-electron chi connectivity index (χ2n) is 5.42. The highest BCUT2D eigenvalue weighted by atomic mass is 16.5. The number of hydrazine groups is 1. The first kappa shape index (κ1) is 18.3. The predicted molar refractivity (Wildman–Crippen MR) is 94.1 cm³/mol. The molecule has 1 atom stereocenters. The standard InChI is InChI=1S/C19H22N2O4/c1-3-16(25-17-12-8-7-9-14(17)2)19(23)21-20-18(22)13-24-15-10-5-4-6-11-15/h4-12,16H,3,13H2,1-2H3,(H,20,22)(H,21,23). The average Bonchev–Trinajstić information content (AvgIpc) is 2.64. The van der Waals surface area contributed by atoms with Gasteiger partial charge in [-0.25, -0.2) is 0 Å². The van der Waals surface area contributed by atoms with Crippen LogP contribution in [0.25, 0.3) is 0 Å². The zero-order chi connectivity index (χ0) is 18.1. The molecule has 0 saturated carbocycles. The van der Waals surface area contributed by atoms with Crippen LogP contribution in [0.15, 0.2) is 54.6 Å². The fourth-order valence-electron chi connectivity index (χ4n) is 2.08. The van der Waals surface area contributed by atoms with Crippen molar-refractivity contribution in [2.45, 2.75) is 26.4 Å². The molecule has 6 heteroatoms. The maximum Gasteiger partial charge on any atom is 0.279 e. The Morgan fingerprint density at radius 3 is 2.36 bits per heavy atom. The monoisotopic (exact) mass is 342 g/mol. The van der Waals surface area contributed by atoms with Crippen molar-refractivity contribution in [3.05, 3.63) is 60.2 Å². The number of nitrogens with one attached hydrogen (secondary N) is 2. The van der Waals surface area contributed by atoms with Gasteiger partial charge in [0.15, 0.2) is 12.7 Å². The zero-order valence-corrected chi connectivity index (χ0v) is 14.3. The van der Waals surface area contributed by atoms with Crippen LogP contribution in [0.4, 0.5) is 0 Å². The largest absolute Gasteiger partial charge is 0.484 e. The van der Waals surface area contributed by atoms with E-state index in [1.54, 1.807) is 18.2 Å². The first-order valence-electron chi connectivity index (χ1n) is 8.09. The molecule has 0 saturated heterocycles. The second kappa shape index (κ2) is 9.32. The Kier molecular flexibility index (Phi) is 6.83. The molecule has 1 unspecified atom stereocenters. The summed E-state index contributed by atoms with van der Waals surface area (Å²) in [6.07, 6.45) is -0.229. The third-order valence-corrected chi connectivity index (χ3v) is 3.46. The lowest BCUT2D eigenvalue weighted by Gasteiger charge is -2.18. The van der Waals surface area contributed by atoms with Gasteiger partial charge < -0.3 is 9.47 Å². The topological polar surface area (TPSA) is 76.7 Å². The van der Waals surface area contributed by atoms with E-state index < -0.39 is 17.9 Å². The van der Waals surface area contributed by atoms with Gasteiger partial charge in [-0.1, -0.05) is 43.3 Å². The Labute approximate surface area is 147 Å². The number of benzene rings is 2. The molecule has 0 aliphatic rings. The molecule has 0 aliphatic heterocycles. The van der Waals surface area contributed by atoms with E-state index in [0.717, 1.165) is 5.56 Å². The molecule has 0 radical (unpaired) electrons. The first-order valence-corrected chi connectivity index (χ1v) is 8.09. The number of carbonyl (C=O) groups is 2. The second-order valence-corrected chi connectivity index (χ2v) is 5.42. The van der Waals surface area contributed by atoms with Crippen LogP contribution in [0.2, 0.25) is 0 Å². The van der Waals surface area contributed by atoms with E-state index in [0.29, 0.717) is 17.9 Å². The highest BCUT2D eigenvalue weighted by molar-refractivity contribution is 5.85. The van der Waals surface area contributed by atoms with Crippen molar-refractivity contribution in [1.82, 2.24) is 10.9 Å². The van der Waals surface area contributed by atoms with Crippen molar-refractivity contribution >= 4 is 11.8 Å². The molecule has 0 spiro atoms. The van der Waals surface area contributed by atoms with E-state index in [9.17, 15) is 9.59 Å². The minimum atomic E-state index is -0.698. The number of aryl methyl sites for hydroxylation is 1. The molecular weight excluding hydrogens is 320 g/mol. The van der Waals surface area contributed by atoms with E-state index in [1.807, 2.05) is 50.2 Å². The minimum absolute atomic E-state index is 0.195. The summed E-state index contributed by atoms with van der Waals surface area (Å²) >= 11 is 0. The van der Waals surface area contributed by atoms with E-state index in [4.69, 9.17) is 9.47 Å². The Bertz CT molecular complexity index is 704. The molecule has 0 aliphatic carbocycles. The summed E-state index contributed by atoms with van der Waals surface area (Å²) < 4.78 is 11.0. The van der Waals surface area contributed by atoms with Crippen LogP contribution in [0.3, 0.4) is 0 Å². The van der Waals surface area contributed by atoms with Gasteiger partial charge >= 0.3 is 0 Å². The van der Waals surface area contributed by atoms with Gasteiger partial charge in [0.2, 0.25) is 0 Å². The Morgan fingerprint density at radius 2 is 1.68 bits per heavy atom. The van der Waals surface area contributed by atoms with E-state index >= 15 is 0 Å². The van der Waals surface area contributed by atoms with Gasteiger partial charge in [-0.3, -0.25) is 20.4 Å². The lowest BCUT2D eigenvalue weighted by atomic mass is 10.2. The van der Waals surface area contributed by atoms with Gasteiger partial charge in [0, 0.05) is 0 Å². The van der Waals surface area contributed by atoms with Crippen LogP contribution in [0.5, 0.6) is 11.5 Å². The molecular formula is C19H22N2O4. The van der Waals surface area contributed by atoms with Crippen molar-refractivity contribution in [1.29, 1.82) is 0 Å². The molecule has 0 aromatic heterocycles. The fourth-order valence-corrected chi connectivity index (χ4v) is 2.08. The zero-order valence-electron chi connectivity index (χ0n) is 14.3. The molecule has 2 N–H and O–H groups in total. The molecule has 0 bridgehead atoms. The molecule has 2 amide bonds. The Hall–Kier alpha value is -3.02. The van der Waals surface area contributed by atoms with E-state index in [1.165, 1.54) is 0 Å². The fraction of sp³-hybridized carbons (Fsp3) is 0.263. The van der Waals surface area contributed by atoms with Crippen LogP contribution in [-0.2, 0) is 9.59 Å². The molecule has 6 nitrogen and oxygen atoms in total. The van der Waals surface area contributed by atoms with Gasteiger partial charge in [-0.05, 0) is 37.1 Å². The summed E-state index contributed by atoms with van der Waals surface area (Å²) in [4.78, 5) is 23.9. The maximum atomic E-state index is 12.2. The number of hydrogen-bond donors (Lipinski definition) is 2. The molecule has 132 valence electrons. The van der Waals surface area contributed by atoms with E-state index in [2.05, 4.69) is 10.9 Å². The molecule has 0 fully saturated rings. The lowest BCUT2D eigenvalue weighted by molar-refractivity contribution is -0.134. The highest BCUT2D eigenvalue weighted by Gasteiger charge is 2.19. The number of rotatable bonds is 7. The number of hydrogen-bond acceptors (Lipinski definition) is 4. The van der Waals surface area contributed by atoms with Crippen molar-refractivity contribution in [3.63, 3.8) is 0 Å². The summed E-state index contributed by atoms with van der Waals surface area (Å²) in [6, 6.07) is 16.4. The predicted octanol–water partition coefficient (Wildman–Crippen LogP) is 2.38. The lowest BCUT2D eigenvalue weighted by Crippen LogP contribution is -2.49. The van der Waals surface area contributed by atoms with Gasteiger partial charge in [0.1, 0.15) is 11.5 Å². The van der Waals surface area contributed by atoms with Crippen LogP contribution in [0.1, 0.15) is 18.9 Å². The van der Waals surface area contributed by atoms with Crippen molar-refractivity contribution in [3.8, 4) is 11.5 Å².